The maximum Gasteiger partial charge on any atom is 0.243 e. The predicted octanol–water partition coefficient (Wildman–Crippen LogP) is 3.22. The minimum absolute atomic E-state index is 0.0371. The number of rotatable bonds is 4. The zero-order valence-electron chi connectivity index (χ0n) is 13.9. The van der Waals surface area contributed by atoms with Crippen LogP contribution in [-0.2, 0) is 10.0 Å². The van der Waals surface area contributed by atoms with Crippen molar-refractivity contribution in [1.29, 1.82) is 0 Å². The van der Waals surface area contributed by atoms with Crippen LogP contribution in [0, 0.1) is 5.82 Å². The number of sulfonamides is 1. The van der Waals surface area contributed by atoms with Crippen molar-refractivity contribution in [2.45, 2.75) is 17.4 Å². The van der Waals surface area contributed by atoms with E-state index in [-0.39, 0.29) is 17.5 Å². The molecular formula is C19H17FN2O3S. The topological polar surface area (TPSA) is 59.5 Å². The summed E-state index contributed by atoms with van der Waals surface area (Å²) in [4.78, 5) is 4.31. The fourth-order valence-electron chi connectivity index (χ4n) is 3.14. The quantitative estimate of drug-likeness (QED) is 0.706. The van der Waals surface area contributed by atoms with Crippen molar-refractivity contribution in [3.05, 3.63) is 66.6 Å². The molecule has 1 aromatic heterocycles. The van der Waals surface area contributed by atoms with Crippen LogP contribution in [0.15, 0.2) is 65.7 Å². The first-order valence-electron chi connectivity index (χ1n) is 8.30. The van der Waals surface area contributed by atoms with E-state index < -0.39 is 15.8 Å². The summed E-state index contributed by atoms with van der Waals surface area (Å²) < 4.78 is 46.1. The molecular weight excluding hydrogens is 355 g/mol. The summed E-state index contributed by atoms with van der Waals surface area (Å²) in [5, 5.41) is 0.965. The second-order valence-corrected chi connectivity index (χ2v) is 8.12. The van der Waals surface area contributed by atoms with Crippen LogP contribution in [0.3, 0.4) is 0 Å². The van der Waals surface area contributed by atoms with Crippen LogP contribution in [-0.4, -0.2) is 36.9 Å². The predicted molar refractivity (Wildman–Crippen MR) is 95.9 cm³/mol. The number of fused-ring (bicyclic) bond motifs is 1. The Kier molecular flexibility index (Phi) is 4.34. The molecule has 0 N–H and O–H groups in total. The lowest BCUT2D eigenvalue weighted by molar-refractivity contribution is 0.218. The highest BCUT2D eigenvalue weighted by Gasteiger charge is 2.34. The molecule has 4 rings (SSSR count). The summed E-state index contributed by atoms with van der Waals surface area (Å²) in [7, 11) is -3.73. The SMILES string of the molecule is O=S(=O)(c1cccc(F)c1)N1CCC(Oc2cccc3cccnc23)C1. The van der Waals surface area contributed by atoms with Crippen LogP contribution in [0.1, 0.15) is 6.42 Å². The molecule has 26 heavy (non-hydrogen) atoms. The van der Waals surface area contributed by atoms with E-state index in [9.17, 15) is 12.8 Å². The first kappa shape index (κ1) is 16.9. The Bertz CT molecular complexity index is 1050. The zero-order chi connectivity index (χ0) is 18.1. The van der Waals surface area contributed by atoms with Crippen molar-refractivity contribution in [2.75, 3.05) is 13.1 Å². The molecule has 1 fully saturated rings. The van der Waals surface area contributed by atoms with Crippen molar-refractivity contribution < 1.29 is 17.5 Å². The molecule has 5 nitrogen and oxygen atoms in total. The van der Waals surface area contributed by atoms with E-state index in [4.69, 9.17) is 4.74 Å². The van der Waals surface area contributed by atoms with E-state index in [1.807, 2.05) is 30.3 Å². The van der Waals surface area contributed by atoms with Crippen molar-refractivity contribution in [3.63, 3.8) is 0 Å². The Labute approximate surface area is 151 Å². The van der Waals surface area contributed by atoms with Crippen LogP contribution >= 0.6 is 0 Å². The molecule has 0 saturated carbocycles. The third kappa shape index (κ3) is 3.15. The second-order valence-electron chi connectivity index (χ2n) is 6.18. The van der Waals surface area contributed by atoms with Crippen LogP contribution in [0.25, 0.3) is 10.9 Å². The average Bonchev–Trinajstić information content (AvgIpc) is 3.11. The normalized spacial score (nSPS) is 18.3. The van der Waals surface area contributed by atoms with Gasteiger partial charge in [-0.05, 0) is 36.8 Å². The standard InChI is InChI=1S/C19H17FN2O3S/c20-15-6-2-7-17(12-15)26(23,24)22-11-9-16(13-22)25-18-8-1-4-14-5-3-10-21-19(14)18/h1-8,10,12,16H,9,11,13H2. The minimum atomic E-state index is -3.73. The number of ether oxygens (including phenoxy) is 1. The molecule has 2 heterocycles. The maximum atomic E-state index is 13.4. The Hall–Kier alpha value is -2.51. The number of para-hydroxylation sites is 1. The average molecular weight is 372 g/mol. The van der Waals surface area contributed by atoms with Gasteiger partial charge in [-0.2, -0.15) is 4.31 Å². The van der Waals surface area contributed by atoms with Gasteiger partial charge >= 0.3 is 0 Å². The first-order valence-corrected chi connectivity index (χ1v) is 9.74. The molecule has 1 atom stereocenters. The largest absolute Gasteiger partial charge is 0.487 e. The Balaban J connectivity index is 1.53. The lowest BCUT2D eigenvalue weighted by Gasteiger charge is -2.18. The molecule has 3 aromatic rings. The number of hydrogen-bond donors (Lipinski definition) is 0. The molecule has 7 heteroatoms. The molecule has 0 bridgehead atoms. The number of hydrogen-bond acceptors (Lipinski definition) is 4. The second kappa shape index (κ2) is 6.66. The first-order chi connectivity index (χ1) is 12.5. The molecule has 1 aliphatic heterocycles. The molecule has 1 saturated heterocycles. The fourth-order valence-corrected chi connectivity index (χ4v) is 4.66. The maximum absolute atomic E-state index is 13.4. The van der Waals surface area contributed by atoms with Crippen LogP contribution in [0.4, 0.5) is 4.39 Å². The third-order valence-corrected chi connectivity index (χ3v) is 6.29. The lowest BCUT2D eigenvalue weighted by Crippen LogP contribution is -2.31. The number of nitrogens with zero attached hydrogens (tertiary/aromatic N) is 2. The van der Waals surface area contributed by atoms with E-state index in [1.165, 1.54) is 22.5 Å². The molecule has 1 aliphatic rings. The smallest absolute Gasteiger partial charge is 0.243 e. The zero-order valence-corrected chi connectivity index (χ0v) is 14.7. The summed E-state index contributed by atoms with van der Waals surface area (Å²) in [5.74, 6) is 0.0676. The van der Waals surface area contributed by atoms with Crippen molar-refractivity contribution in [3.8, 4) is 5.75 Å². The van der Waals surface area contributed by atoms with Gasteiger partial charge < -0.3 is 4.74 Å². The van der Waals surface area contributed by atoms with Crippen molar-refractivity contribution >= 4 is 20.9 Å². The molecule has 1 unspecified atom stereocenters. The van der Waals surface area contributed by atoms with E-state index >= 15 is 0 Å². The highest BCUT2D eigenvalue weighted by atomic mass is 32.2. The van der Waals surface area contributed by atoms with Gasteiger partial charge in [-0.25, -0.2) is 12.8 Å². The summed E-state index contributed by atoms with van der Waals surface area (Å²) in [6, 6.07) is 14.5. The molecule has 2 aromatic carbocycles. The van der Waals surface area contributed by atoms with Gasteiger partial charge in [0, 0.05) is 18.1 Å². The highest BCUT2D eigenvalue weighted by Crippen LogP contribution is 2.28. The van der Waals surface area contributed by atoms with Crippen LogP contribution in [0.5, 0.6) is 5.75 Å². The van der Waals surface area contributed by atoms with E-state index in [2.05, 4.69) is 4.98 Å². The van der Waals surface area contributed by atoms with Gasteiger partial charge in [-0.15, -0.1) is 0 Å². The molecule has 0 aliphatic carbocycles. The van der Waals surface area contributed by atoms with Gasteiger partial charge in [0.05, 0.1) is 11.4 Å². The summed E-state index contributed by atoms with van der Waals surface area (Å²) >= 11 is 0. The van der Waals surface area contributed by atoms with Crippen LogP contribution in [0.2, 0.25) is 0 Å². The summed E-state index contributed by atoms with van der Waals surface area (Å²) in [5.41, 5.74) is 0.751. The van der Waals surface area contributed by atoms with Gasteiger partial charge in [0.15, 0.2) is 0 Å². The molecule has 0 amide bonds. The molecule has 134 valence electrons. The lowest BCUT2D eigenvalue weighted by atomic mass is 10.2. The Morgan fingerprint density at radius 1 is 1.12 bits per heavy atom. The van der Waals surface area contributed by atoms with E-state index in [0.717, 1.165) is 17.0 Å². The van der Waals surface area contributed by atoms with Gasteiger partial charge in [0.2, 0.25) is 10.0 Å². The van der Waals surface area contributed by atoms with Gasteiger partial charge in [0.1, 0.15) is 23.2 Å². The fraction of sp³-hybridized carbons (Fsp3) is 0.211. The van der Waals surface area contributed by atoms with E-state index in [1.54, 1.807) is 6.20 Å². The van der Waals surface area contributed by atoms with Crippen molar-refractivity contribution in [2.24, 2.45) is 0 Å². The number of halogens is 1. The summed E-state index contributed by atoms with van der Waals surface area (Å²) in [6.07, 6.45) is 1.99. The van der Waals surface area contributed by atoms with Gasteiger partial charge in [0.25, 0.3) is 0 Å². The van der Waals surface area contributed by atoms with E-state index in [0.29, 0.717) is 18.7 Å². The number of pyridine rings is 1. The minimum Gasteiger partial charge on any atom is -0.487 e. The third-order valence-electron chi connectivity index (χ3n) is 4.43. The monoisotopic (exact) mass is 372 g/mol. The van der Waals surface area contributed by atoms with Crippen molar-refractivity contribution in [1.82, 2.24) is 9.29 Å². The molecule has 0 spiro atoms. The Morgan fingerprint density at radius 2 is 1.92 bits per heavy atom. The number of aromatic nitrogens is 1. The van der Waals surface area contributed by atoms with Gasteiger partial charge in [-0.3, -0.25) is 4.98 Å². The molecule has 0 radical (unpaired) electrons. The highest BCUT2D eigenvalue weighted by molar-refractivity contribution is 7.89. The van der Waals surface area contributed by atoms with Crippen LogP contribution < -0.4 is 4.74 Å². The summed E-state index contributed by atoms with van der Waals surface area (Å²) in [6.45, 7) is 0.559. The van der Waals surface area contributed by atoms with Gasteiger partial charge in [-0.1, -0.05) is 24.3 Å². The number of benzene rings is 2. The Morgan fingerprint density at radius 3 is 2.77 bits per heavy atom.